The normalized spacial score (nSPS) is 10.4. The Bertz CT molecular complexity index is 717. The highest BCUT2D eigenvalue weighted by Crippen LogP contribution is 2.32. The molecular formula is C12H10ClN3O4S. The van der Waals surface area contributed by atoms with Crippen LogP contribution in [0.25, 0.3) is 0 Å². The summed E-state index contributed by atoms with van der Waals surface area (Å²) < 4.78 is 0. The van der Waals surface area contributed by atoms with Gasteiger partial charge < -0.3 is 10.4 Å². The lowest BCUT2D eigenvalue weighted by molar-refractivity contribution is -0.384. The highest BCUT2D eigenvalue weighted by molar-refractivity contribution is 7.09. The predicted octanol–water partition coefficient (Wildman–Crippen LogP) is 3.32. The third-order valence-corrected chi connectivity index (χ3v) is 3.86. The molecule has 0 saturated heterocycles. The smallest absolute Gasteiger partial charge is 0.338 e. The van der Waals surface area contributed by atoms with Gasteiger partial charge in [-0.25, -0.2) is 9.78 Å². The quantitative estimate of drug-likeness (QED) is 0.644. The molecule has 0 aliphatic rings. The molecule has 0 aliphatic heterocycles. The van der Waals surface area contributed by atoms with Crippen molar-refractivity contribution >= 4 is 40.3 Å². The number of benzene rings is 1. The molecule has 0 spiro atoms. The number of halogens is 1. The van der Waals surface area contributed by atoms with Gasteiger partial charge in [-0.05, 0) is 6.92 Å². The van der Waals surface area contributed by atoms with E-state index in [-0.39, 0.29) is 28.5 Å². The van der Waals surface area contributed by atoms with Gasteiger partial charge in [0.15, 0.2) is 0 Å². The first-order chi connectivity index (χ1) is 9.88. The van der Waals surface area contributed by atoms with Crippen LogP contribution in [0.3, 0.4) is 0 Å². The van der Waals surface area contributed by atoms with E-state index in [4.69, 9.17) is 16.7 Å². The topological polar surface area (TPSA) is 105 Å². The summed E-state index contributed by atoms with van der Waals surface area (Å²) >= 11 is 7.37. The van der Waals surface area contributed by atoms with Crippen molar-refractivity contribution in [2.24, 2.45) is 0 Å². The number of carboxylic acid groups (broad SMARTS) is 1. The fourth-order valence-corrected chi connectivity index (χ4v) is 2.69. The summed E-state index contributed by atoms with van der Waals surface area (Å²) in [7, 11) is 0. The molecule has 1 heterocycles. The summed E-state index contributed by atoms with van der Waals surface area (Å²) in [5.41, 5.74) is 0.392. The Morgan fingerprint density at radius 2 is 2.29 bits per heavy atom. The number of aromatic carboxylic acids is 1. The van der Waals surface area contributed by atoms with Crippen molar-refractivity contribution < 1.29 is 14.8 Å². The standard InChI is InChI=1S/C12H10ClN3O4S/c1-6-5-21-10(15-6)4-14-11-8(12(17)18)2-7(16(19)20)3-9(11)13/h2-3,5,14H,4H2,1H3,(H,17,18). The Morgan fingerprint density at radius 3 is 2.81 bits per heavy atom. The van der Waals surface area contributed by atoms with E-state index >= 15 is 0 Å². The number of carbonyl (C=O) groups is 1. The first-order valence-corrected chi connectivity index (χ1v) is 7.00. The molecule has 0 fully saturated rings. The van der Waals surface area contributed by atoms with Crippen LogP contribution in [0, 0.1) is 17.0 Å². The van der Waals surface area contributed by atoms with E-state index in [2.05, 4.69) is 10.3 Å². The van der Waals surface area contributed by atoms with E-state index in [1.807, 2.05) is 12.3 Å². The second-order valence-corrected chi connectivity index (χ2v) is 5.50. The summed E-state index contributed by atoms with van der Waals surface area (Å²) in [5.74, 6) is -1.29. The fraction of sp³-hybridized carbons (Fsp3) is 0.167. The van der Waals surface area contributed by atoms with E-state index in [0.717, 1.165) is 22.8 Å². The fourth-order valence-electron chi connectivity index (χ4n) is 1.69. The minimum atomic E-state index is -1.29. The largest absolute Gasteiger partial charge is 0.478 e. The number of non-ortho nitro benzene ring substituents is 1. The maximum Gasteiger partial charge on any atom is 0.338 e. The molecule has 2 rings (SSSR count). The van der Waals surface area contributed by atoms with Crippen LogP contribution in [0.5, 0.6) is 0 Å². The molecule has 0 bridgehead atoms. The summed E-state index contributed by atoms with van der Waals surface area (Å²) in [6.45, 7) is 2.14. The zero-order chi connectivity index (χ0) is 15.6. The zero-order valence-corrected chi connectivity index (χ0v) is 12.4. The van der Waals surface area contributed by atoms with E-state index in [1.54, 1.807) is 0 Å². The number of nitro groups is 1. The number of hydrogen-bond donors (Lipinski definition) is 2. The number of anilines is 1. The third-order valence-electron chi connectivity index (χ3n) is 2.60. The molecule has 9 heteroatoms. The number of aromatic nitrogens is 1. The average molecular weight is 328 g/mol. The molecule has 0 amide bonds. The molecule has 2 N–H and O–H groups in total. The second-order valence-electron chi connectivity index (χ2n) is 4.15. The SMILES string of the molecule is Cc1csc(CNc2c(Cl)cc([N+](=O)[O-])cc2C(=O)O)n1. The van der Waals surface area contributed by atoms with Gasteiger partial charge in [0.05, 0.1) is 27.7 Å². The van der Waals surface area contributed by atoms with Gasteiger partial charge >= 0.3 is 5.97 Å². The minimum Gasteiger partial charge on any atom is -0.478 e. The number of hydrogen-bond acceptors (Lipinski definition) is 6. The monoisotopic (exact) mass is 327 g/mol. The van der Waals surface area contributed by atoms with E-state index in [9.17, 15) is 14.9 Å². The first kappa shape index (κ1) is 15.2. The van der Waals surface area contributed by atoms with Crippen molar-refractivity contribution in [1.29, 1.82) is 0 Å². The lowest BCUT2D eigenvalue weighted by Crippen LogP contribution is -2.08. The lowest BCUT2D eigenvalue weighted by Gasteiger charge is -2.10. The van der Waals surface area contributed by atoms with Crippen molar-refractivity contribution in [1.82, 2.24) is 4.98 Å². The molecule has 1 aromatic carbocycles. The number of rotatable bonds is 5. The van der Waals surface area contributed by atoms with Crippen LogP contribution in [0.2, 0.25) is 5.02 Å². The molecule has 0 radical (unpaired) electrons. The van der Waals surface area contributed by atoms with E-state index < -0.39 is 10.9 Å². The van der Waals surface area contributed by atoms with Gasteiger partial charge in [0, 0.05) is 23.2 Å². The van der Waals surface area contributed by atoms with Crippen molar-refractivity contribution in [3.05, 3.63) is 48.9 Å². The van der Waals surface area contributed by atoms with Crippen LogP contribution >= 0.6 is 22.9 Å². The summed E-state index contributed by atoms with van der Waals surface area (Å²) in [6.07, 6.45) is 0. The predicted molar refractivity (Wildman–Crippen MR) is 79.2 cm³/mol. The van der Waals surface area contributed by atoms with Crippen molar-refractivity contribution in [2.45, 2.75) is 13.5 Å². The first-order valence-electron chi connectivity index (χ1n) is 5.74. The Labute approximate surface area is 128 Å². The molecule has 2 aromatic rings. The zero-order valence-electron chi connectivity index (χ0n) is 10.8. The number of carboxylic acids is 1. The van der Waals surface area contributed by atoms with Crippen LogP contribution in [0.4, 0.5) is 11.4 Å². The molecule has 0 unspecified atom stereocenters. The van der Waals surface area contributed by atoms with Crippen molar-refractivity contribution in [2.75, 3.05) is 5.32 Å². The van der Waals surface area contributed by atoms with Crippen LogP contribution in [-0.4, -0.2) is 21.0 Å². The van der Waals surface area contributed by atoms with Crippen LogP contribution < -0.4 is 5.32 Å². The van der Waals surface area contributed by atoms with Gasteiger partial charge in [-0.3, -0.25) is 10.1 Å². The Kier molecular flexibility index (Phi) is 4.39. The molecule has 1 aromatic heterocycles. The van der Waals surface area contributed by atoms with Gasteiger partial charge in [-0.2, -0.15) is 0 Å². The summed E-state index contributed by atoms with van der Waals surface area (Å²) in [4.78, 5) is 25.5. The number of aryl methyl sites for hydroxylation is 1. The van der Waals surface area contributed by atoms with Crippen LogP contribution in [-0.2, 0) is 6.54 Å². The second kappa shape index (κ2) is 6.06. The van der Waals surface area contributed by atoms with Gasteiger partial charge in [0.1, 0.15) is 5.01 Å². The Morgan fingerprint density at radius 1 is 1.57 bits per heavy atom. The van der Waals surface area contributed by atoms with Gasteiger partial charge in [0.25, 0.3) is 5.69 Å². The van der Waals surface area contributed by atoms with Gasteiger partial charge in [0.2, 0.25) is 0 Å². The summed E-state index contributed by atoms with van der Waals surface area (Å²) in [5, 5.41) is 25.4. The van der Waals surface area contributed by atoms with Crippen LogP contribution in [0.15, 0.2) is 17.5 Å². The highest BCUT2D eigenvalue weighted by Gasteiger charge is 2.20. The maximum absolute atomic E-state index is 11.2. The van der Waals surface area contributed by atoms with Gasteiger partial charge in [-0.1, -0.05) is 11.6 Å². The van der Waals surface area contributed by atoms with Gasteiger partial charge in [-0.15, -0.1) is 11.3 Å². The minimum absolute atomic E-state index is 0.0186. The molecule has 21 heavy (non-hydrogen) atoms. The number of nitro benzene ring substituents is 1. The summed E-state index contributed by atoms with van der Waals surface area (Å²) in [6, 6.07) is 2.09. The molecule has 7 nitrogen and oxygen atoms in total. The molecule has 0 saturated carbocycles. The maximum atomic E-state index is 11.2. The third kappa shape index (κ3) is 3.47. The lowest BCUT2D eigenvalue weighted by atomic mass is 10.1. The van der Waals surface area contributed by atoms with Crippen LogP contribution in [0.1, 0.15) is 21.1 Å². The number of nitrogens with one attached hydrogen (secondary N) is 1. The van der Waals surface area contributed by atoms with E-state index in [0.29, 0.717) is 0 Å². The van der Waals surface area contributed by atoms with E-state index in [1.165, 1.54) is 11.3 Å². The molecule has 110 valence electrons. The molecule has 0 aliphatic carbocycles. The number of nitrogens with zero attached hydrogens (tertiary/aromatic N) is 2. The number of thiazole rings is 1. The highest BCUT2D eigenvalue weighted by atomic mass is 35.5. The van der Waals surface area contributed by atoms with Crippen molar-refractivity contribution in [3.63, 3.8) is 0 Å². The Hall–Kier alpha value is -2.19. The van der Waals surface area contributed by atoms with Crippen molar-refractivity contribution in [3.8, 4) is 0 Å². The molecular weight excluding hydrogens is 318 g/mol. The Balaban J connectivity index is 2.33. The molecule has 0 atom stereocenters. The average Bonchev–Trinajstić information content (AvgIpc) is 2.82.